The largest absolute Gasteiger partial charge is 0.492 e. The smallest absolute Gasteiger partial charge is 0.119 e. The van der Waals surface area contributed by atoms with Gasteiger partial charge < -0.3 is 10.1 Å². The van der Waals surface area contributed by atoms with Crippen molar-refractivity contribution < 1.29 is 4.74 Å². The van der Waals surface area contributed by atoms with Crippen LogP contribution in [0.1, 0.15) is 31.4 Å². The van der Waals surface area contributed by atoms with Crippen LogP contribution in [0.5, 0.6) is 5.75 Å². The van der Waals surface area contributed by atoms with Crippen LogP contribution in [0.3, 0.4) is 0 Å². The Labute approximate surface area is 110 Å². The average molecular weight is 248 g/mol. The second-order valence-corrected chi connectivity index (χ2v) is 4.98. The summed E-state index contributed by atoms with van der Waals surface area (Å²) in [6.45, 7) is 6.47. The SMILES string of the molecule is CNC(C)c1ccc(OCCN2CCCC2)cc1. The predicted octanol–water partition coefficient (Wildman–Crippen LogP) is 2.44. The molecule has 0 bridgehead atoms. The third-order valence-corrected chi connectivity index (χ3v) is 3.69. The van der Waals surface area contributed by atoms with Crippen LogP contribution in [0, 0.1) is 0 Å². The van der Waals surface area contributed by atoms with Crippen molar-refractivity contribution in [1.29, 1.82) is 0 Å². The maximum Gasteiger partial charge on any atom is 0.119 e. The molecule has 0 spiro atoms. The highest BCUT2D eigenvalue weighted by Crippen LogP contribution is 2.17. The summed E-state index contributed by atoms with van der Waals surface area (Å²) in [5, 5.41) is 3.23. The van der Waals surface area contributed by atoms with Crippen LogP contribution in [0.15, 0.2) is 24.3 Å². The van der Waals surface area contributed by atoms with E-state index in [1.807, 2.05) is 7.05 Å². The Bertz CT molecular complexity index is 344. The number of hydrogen-bond donors (Lipinski definition) is 1. The van der Waals surface area contributed by atoms with Gasteiger partial charge in [-0.25, -0.2) is 0 Å². The van der Waals surface area contributed by atoms with Crippen LogP contribution in [0.2, 0.25) is 0 Å². The first-order valence-corrected chi connectivity index (χ1v) is 6.92. The lowest BCUT2D eigenvalue weighted by molar-refractivity contribution is 0.237. The zero-order valence-electron chi connectivity index (χ0n) is 11.5. The molecule has 1 fully saturated rings. The van der Waals surface area contributed by atoms with Crippen molar-refractivity contribution >= 4 is 0 Å². The molecule has 1 aromatic carbocycles. The molecule has 1 atom stereocenters. The van der Waals surface area contributed by atoms with E-state index in [4.69, 9.17) is 4.74 Å². The molecular formula is C15H24N2O. The summed E-state index contributed by atoms with van der Waals surface area (Å²) < 4.78 is 5.77. The van der Waals surface area contributed by atoms with Gasteiger partial charge in [-0.1, -0.05) is 12.1 Å². The third-order valence-electron chi connectivity index (χ3n) is 3.69. The monoisotopic (exact) mass is 248 g/mol. The van der Waals surface area contributed by atoms with Gasteiger partial charge in [-0.15, -0.1) is 0 Å². The lowest BCUT2D eigenvalue weighted by atomic mass is 10.1. The first-order chi connectivity index (χ1) is 8.79. The molecular weight excluding hydrogens is 224 g/mol. The second kappa shape index (κ2) is 6.76. The molecule has 3 heteroatoms. The Morgan fingerprint density at radius 2 is 1.89 bits per heavy atom. The second-order valence-electron chi connectivity index (χ2n) is 4.98. The highest BCUT2D eigenvalue weighted by atomic mass is 16.5. The minimum Gasteiger partial charge on any atom is -0.492 e. The van der Waals surface area contributed by atoms with E-state index in [9.17, 15) is 0 Å². The van der Waals surface area contributed by atoms with Gasteiger partial charge in [-0.3, -0.25) is 4.90 Å². The van der Waals surface area contributed by atoms with E-state index in [0.29, 0.717) is 6.04 Å². The Hall–Kier alpha value is -1.06. The number of rotatable bonds is 6. The van der Waals surface area contributed by atoms with Crippen LogP contribution in [0.25, 0.3) is 0 Å². The average Bonchev–Trinajstić information content (AvgIpc) is 2.92. The van der Waals surface area contributed by atoms with Gasteiger partial charge in [0, 0.05) is 12.6 Å². The normalized spacial score (nSPS) is 17.9. The Morgan fingerprint density at radius 1 is 1.22 bits per heavy atom. The lowest BCUT2D eigenvalue weighted by Gasteiger charge is -2.15. The van der Waals surface area contributed by atoms with Crippen LogP contribution in [-0.4, -0.2) is 38.2 Å². The Balaban J connectivity index is 1.75. The molecule has 2 rings (SSSR count). The van der Waals surface area contributed by atoms with Crippen LogP contribution < -0.4 is 10.1 Å². The molecule has 1 aliphatic rings. The quantitative estimate of drug-likeness (QED) is 0.837. The van der Waals surface area contributed by atoms with Crippen molar-refractivity contribution in [1.82, 2.24) is 10.2 Å². The number of hydrogen-bond acceptors (Lipinski definition) is 3. The van der Waals surface area contributed by atoms with Gasteiger partial charge in [-0.2, -0.15) is 0 Å². The molecule has 0 radical (unpaired) electrons. The summed E-state index contributed by atoms with van der Waals surface area (Å²) >= 11 is 0. The molecule has 0 amide bonds. The van der Waals surface area contributed by atoms with Crippen LogP contribution >= 0.6 is 0 Å². The number of ether oxygens (including phenoxy) is 1. The zero-order chi connectivity index (χ0) is 12.8. The summed E-state index contributed by atoms with van der Waals surface area (Å²) in [6, 6.07) is 8.78. The Kier molecular flexibility index (Phi) is 5.02. The molecule has 1 N–H and O–H groups in total. The van der Waals surface area contributed by atoms with Crippen molar-refractivity contribution in [3.8, 4) is 5.75 Å². The van der Waals surface area contributed by atoms with Crippen molar-refractivity contribution in [2.45, 2.75) is 25.8 Å². The number of benzene rings is 1. The highest BCUT2D eigenvalue weighted by Gasteiger charge is 2.10. The first-order valence-electron chi connectivity index (χ1n) is 6.92. The maximum absolute atomic E-state index is 5.77. The van der Waals surface area contributed by atoms with E-state index in [0.717, 1.165) is 18.9 Å². The Morgan fingerprint density at radius 3 is 2.50 bits per heavy atom. The van der Waals surface area contributed by atoms with Crippen LogP contribution in [-0.2, 0) is 0 Å². The van der Waals surface area contributed by atoms with E-state index in [-0.39, 0.29) is 0 Å². The van der Waals surface area contributed by atoms with Gasteiger partial charge in [0.05, 0.1) is 0 Å². The van der Waals surface area contributed by atoms with Gasteiger partial charge in [0.2, 0.25) is 0 Å². The maximum atomic E-state index is 5.77. The van der Waals surface area contributed by atoms with Gasteiger partial charge >= 0.3 is 0 Å². The highest BCUT2D eigenvalue weighted by molar-refractivity contribution is 5.28. The minimum absolute atomic E-state index is 0.392. The summed E-state index contributed by atoms with van der Waals surface area (Å²) in [6.07, 6.45) is 2.69. The van der Waals surface area contributed by atoms with Crippen molar-refractivity contribution in [2.75, 3.05) is 33.3 Å². The molecule has 1 saturated heterocycles. The molecule has 1 unspecified atom stereocenters. The van der Waals surface area contributed by atoms with E-state index in [2.05, 4.69) is 41.4 Å². The number of nitrogens with one attached hydrogen (secondary N) is 1. The third kappa shape index (κ3) is 3.72. The van der Waals surface area contributed by atoms with E-state index < -0.39 is 0 Å². The van der Waals surface area contributed by atoms with Crippen molar-refractivity contribution in [3.05, 3.63) is 29.8 Å². The topological polar surface area (TPSA) is 24.5 Å². The van der Waals surface area contributed by atoms with Gasteiger partial charge in [0.15, 0.2) is 0 Å². The lowest BCUT2D eigenvalue weighted by Crippen LogP contribution is -2.25. The predicted molar refractivity (Wildman–Crippen MR) is 75.1 cm³/mol. The molecule has 0 saturated carbocycles. The van der Waals surface area contributed by atoms with E-state index >= 15 is 0 Å². The first kappa shape index (κ1) is 13.4. The summed E-state index contributed by atoms with van der Waals surface area (Å²) in [5.41, 5.74) is 1.30. The van der Waals surface area contributed by atoms with Gasteiger partial charge in [0.25, 0.3) is 0 Å². The molecule has 18 heavy (non-hydrogen) atoms. The summed E-state index contributed by atoms with van der Waals surface area (Å²) in [5.74, 6) is 0.973. The molecule has 1 aliphatic heterocycles. The number of nitrogens with zero attached hydrogens (tertiary/aromatic N) is 1. The standard InChI is InChI=1S/C15H24N2O/c1-13(16-2)14-5-7-15(8-6-14)18-12-11-17-9-3-4-10-17/h5-8,13,16H,3-4,9-12H2,1-2H3. The molecule has 100 valence electrons. The van der Waals surface area contributed by atoms with E-state index in [1.54, 1.807) is 0 Å². The molecule has 1 heterocycles. The summed E-state index contributed by atoms with van der Waals surface area (Å²) in [7, 11) is 1.98. The fraction of sp³-hybridized carbons (Fsp3) is 0.600. The molecule has 0 aliphatic carbocycles. The van der Waals surface area contributed by atoms with Gasteiger partial charge in [0.1, 0.15) is 12.4 Å². The van der Waals surface area contributed by atoms with Crippen molar-refractivity contribution in [3.63, 3.8) is 0 Å². The van der Waals surface area contributed by atoms with Crippen molar-refractivity contribution in [2.24, 2.45) is 0 Å². The van der Waals surface area contributed by atoms with Crippen LogP contribution in [0.4, 0.5) is 0 Å². The molecule has 1 aromatic rings. The fourth-order valence-corrected chi connectivity index (χ4v) is 2.32. The summed E-state index contributed by atoms with van der Waals surface area (Å²) in [4.78, 5) is 2.47. The zero-order valence-corrected chi connectivity index (χ0v) is 11.5. The van der Waals surface area contributed by atoms with E-state index in [1.165, 1.54) is 31.5 Å². The molecule has 3 nitrogen and oxygen atoms in total. The minimum atomic E-state index is 0.392. The number of likely N-dealkylation sites (tertiary alicyclic amines) is 1. The van der Waals surface area contributed by atoms with Gasteiger partial charge in [-0.05, 0) is 57.6 Å². The fourth-order valence-electron chi connectivity index (χ4n) is 2.32. The molecule has 0 aromatic heterocycles.